The minimum Gasteiger partial charge on any atom is -0.482 e. The standard InChI is InChI=1S/C16H20N2O3/c1-3-16(2)12-20-9-8-18(16)15(19)11-21-14-7-5-4-6-13(14)10-17/h4-7H,3,8-9,11-12H2,1-2H3. The Balaban J connectivity index is 2.03. The van der Waals surface area contributed by atoms with Gasteiger partial charge in [0, 0.05) is 6.54 Å². The summed E-state index contributed by atoms with van der Waals surface area (Å²) in [6, 6.07) is 8.98. The zero-order valence-electron chi connectivity index (χ0n) is 12.5. The van der Waals surface area contributed by atoms with Crippen molar-refractivity contribution in [2.75, 3.05) is 26.4 Å². The number of nitriles is 1. The maximum absolute atomic E-state index is 12.4. The summed E-state index contributed by atoms with van der Waals surface area (Å²) in [6.07, 6.45) is 0.827. The van der Waals surface area contributed by atoms with Gasteiger partial charge in [-0.25, -0.2) is 0 Å². The Labute approximate surface area is 125 Å². The molecule has 1 amide bonds. The van der Waals surface area contributed by atoms with Gasteiger partial charge in [-0.1, -0.05) is 19.1 Å². The lowest BCUT2D eigenvalue weighted by Gasteiger charge is -2.44. The van der Waals surface area contributed by atoms with Crippen molar-refractivity contribution in [2.24, 2.45) is 0 Å². The molecular weight excluding hydrogens is 268 g/mol. The van der Waals surface area contributed by atoms with Crippen LogP contribution in [0, 0.1) is 11.3 Å². The van der Waals surface area contributed by atoms with Crippen LogP contribution in [0.25, 0.3) is 0 Å². The average Bonchev–Trinajstić information content (AvgIpc) is 2.53. The highest BCUT2D eigenvalue weighted by atomic mass is 16.5. The fourth-order valence-electron chi connectivity index (χ4n) is 2.42. The Morgan fingerprint density at radius 1 is 1.52 bits per heavy atom. The Morgan fingerprint density at radius 3 is 3.00 bits per heavy atom. The molecule has 0 aliphatic carbocycles. The molecule has 1 aliphatic rings. The van der Waals surface area contributed by atoms with Gasteiger partial charge in [0.15, 0.2) is 6.61 Å². The summed E-state index contributed by atoms with van der Waals surface area (Å²) >= 11 is 0. The molecule has 0 bridgehead atoms. The van der Waals surface area contributed by atoms with Crippen LogP contribution in [0.1, 0.15) is 25.8 Å². The number of hydrogen-bond donors (Lipinski definition) is 0. The average molecular weight is 288 g/mol. The number of hydrogen-bond acceptors (Lipinski definition) is 4. The highest BCUT2D eigenvalue weighted by Gasteiger charge is 2.36. The molecule has 0 aromatic heterocycles. The number of ether oxygens (including phenoxy) is 2. The van der Waals surface area contributed by atoms with E-state index in [1.165, 1.54) is 0 Å². The molecule has 5 heteroatoms. The summed E-state index contributed by atoms with van der Waals surface area (Å²) < 4.78 is 11.0. The molecule has 5 nitrogen and oxygen atoms in total. The first kappa shape index (κ1) is 15.3. The quantitative estimate of drug-likeness (QED) is 0.849. The van der Waals surface area contributed by atoms with Crippen LogP contribution in [0.2, 0.25) is 0 Å². The van der Waals surface area contributed by atoms with Crippen molar-refractivity contribution in [3.63, 3.8) is 0 Å². The van der Waals surface area contributed by atoms with E-state index in [-0.39, 0.29) is 18.1 Å². The van der Waals surface area contributed by atoms with Gasteiger partial charge < -0.3 is 14.4 Å². The SMILES string of the molecule is CCC1(C)COCCN1C(=O)COc1ccccc1C#N. The summed E-state index contributed by atoms with van der Waals surface area (Å²) in [6.45, 7) is 5.68. The van der Waals surface area contributed by atoms with Crippen molar-refractivity contribution in [3.05, 3.63) is 29.8 Å². The van der Waals surface area contributed by atoms with Gasteiger partial charge in [0.25, 0.3) is 5.91 Å². The molecule has 21 heavy (non-hydrogen) atoms. The van der Waals surface area contributed by atoms with Crippen LogP contribution in [-0.2, 0) is 9.53 Å². The van der Waals surface area contributed by atoms with Crippen molar-refractivity contribution in [3.8, 4) is 11.8 Å². The lowest BCUT2D eigenvalue weighted by atomic mass is 9.96. The molecule has 0 radical (unpaired) electrons. The lowest BCUT2D eigenvalue weighted by molar-refractivity contribution is -0.150. The predicted molar refractivity (Wildman–Crippen MR) is 77.9 cm³/mol. The summed E-state index contributed by atoms with van der Waals surface area (Å²) in [5.41, 5.74) is 0.151. The summed E-state index contributed by atoms with van der Waals surface area (Å²) in [5.74, 6) is 0.371. The summed E-state index contributed by atoms with van der Waals surface area (Å²) in [7, 11) is 0. The van der Waals surface area contributed by atoms with Gasteiger partial charge in [0.1, 0.15) is 11.8 Å². The minimum atomic E-state index is -0.284. The minimum absolute atomic E-state index is 0.0612. The number of amides is 1. The second-order valence-electron chi connectivity index (χ2n) is 5.35. The van der Waals surface area contributed by atoms with E-state index in [1.54, 1.807) is 24.3 Å². The first-order valence-corrected chi connectivity index (χ1v) is 7.11. The molecule has 1 aliphatic heterocycles. The molecule has 1 unspecified atom stereocenters. The molecule has 1 saturated heterocycles. The van der Waals surface area contributed by atoms with Crippen LogP contribution in [0.15, 0.2) is 24.3 Å². The largest absolute Gasteiger partial charge is 0.482 e. The number of para-hydroxylation sites is 1. The molecule has 1 atom stereocenters. The molecule has 1 aromatic carbocycles. The van der Waals surface area contributed by atoms with Crippen molar-refractivity contribution < 1.29 is 14.3 Å². The molecule has 0 saturated carbocycles. The van der Waals surface area contributed by atoms with E-state index in [2.05, 4.69) is 6.07 Å². The van der Waals surface area contributed by atoms with Crippen molar-refractivity contribution in [1.82, 2.24) is 4.90 Å². The molecule has 2 rings (SSSR count). The van der Waals surface area contributed by atoms with Crippen molar-refractivity contribution in [1.29, 1.82) is 5.26 Å². The van der Waals surface area contributed by atoms with Crippen LogP contribution < -0.4 is 4.74 Å². The zero-order valence-corrected chi connectivity index (χ0v) is 12.5. The zero-order chi connectivity index (χ0) is 15.3. The van der Waals surface area contributed by atoms with Gasteiger partial charge in [-0.2, -0.15) is 5.26 Å². The predicted octanol–water partition coefficient (Wildman–Crippen LogP) is 1.96. The molecule has 1 heterocycles. The van der Waals surface area contributed by atoms with Crippen LogP contribution in [0.4, 0.5) is 0 Å². The van der Waals surface area contributed by atoms with Gasteiger partial charge in [-0.15, -0.1) is 0 Å². The number of rotatable bonds is 4. The number of nitrogens with zero attached hydrogens (tertiary/aromatic N) is 2. The third-order valence-electron chi connectivity index (χ3n) is 3.95. The first-order chi connectivity index (χ1) is 10.1. The second-order valence-corrected chi connectivity index (χ2v) is 5.35. The number of carbonyl (C=O) groups excluding carboxylic acids is 1. The van der Waals surface area contributed by atoms with Gasteiger partial charge in [0.2, 0.25) is 0 Å². The van der Waals surface area contributed by atoms with E-state index >= 15 is 0 Å². The van der Waals surface area contributed by atoms with Gasteiger partial charge in [-0.3, -0.25) is 4.79 Å². The van der Waals surface area contributed by atoms with E-state index in [0.29, 0.717) is 31.1 Å². The van der Waals surface area contributed by atoms with Crippen LogP contribution in [-0.4, -0.2) is 42.7 Å². The third kappa shape index (κ3) is 3.34. The Kier molecular flexibility index (Phi) is 4.81. The number of morpholine rings is 1. The maximum Gasteiger partial charge on any atom is 0.261 e. The molecule has 112 valence electrons. The number of benzene rings is 1. The monoisotopic (exact) mass is 288 g/mol. The maximum atomic E-state index is 12.4. The van der Waals surface area contributed by atoms with Crippen LogP contribution >= 0.6 is 0 Å². The molecular formula is C16H20N2O3. The molecule has 1 aromatic rings. The smallest absolute Gasteiger partial charge is 0.261 e. The van der Waals surface area contributed by atoms with E-state index in [1.807, 2.05) is 18.7 Å². The molecule has 0 spiro atoms. The summed E-state index contributed by atoms with van der Waals surface area (Å²) in [4.78, 5) is 14.2. The second kappa shape index (κ2) is 6.59. The summed E-state index contributed by atoms with van der Waals surface area (Å²) in [5, 5.41) is 9.01. The highest BCUT2D eigenvalue weighted by Crippen LogP contribution is 2.24. The molecule has 1 fully saturated rings. The fourth-order valence-corrected chi connectivity index (χ4v) is 2.42. The van der Waals surface area contributed by atoms with Gasteiger partial charge >= 0.3 is 0 Å². The Hall–Kier alpha value is -2.06. The van der Waals surface area contributed by atoms with Gasteiger partial charge in [0.05, 0.1) is 24.3 Å². The fraction of sp³-hybridized carbons (Fsp3) is 0.500. The van der Waals surface area contributed by atoms with E-state index in [0.717, 1.165) is 6.42 Å². The van der Waals surface area contributed by atoms with Crippen LogP contribution in [0.3, 0.4) is 0 Å². The van der Waals surface area contributed by atoms with E-state index < -0.39 is 0 Å². The topological polar surface area (TPSA) is 62.6 Å². The highest BCUT2D eigenvalue weighted by molar-refractivity contribution is 5.78. The molecule has 0 N–H and O–H groups in total. The lowest BCUT2D eigenvalue weighted by Crippen LogP contribution is -2.58. The van der Waals surface area contributed by atoms with Gasteiger partial charge in [-0.05, 0) is 25.5 Å². The normalized spacial score (nSPS) is 21.7. The Bertz CT molecular complexity index is 553. The number of carbonyl (C=O) groups is 1. The third-order valence-corrected chi connectivity index (χ3v) is 3.95. The first-order valence-electron chi connectivity index (χ1n) is 7.11. The van der Waals surface area contributed by atoms with E-state index in [9.17, 15) is 4.79 Å². The van der Waals surface area contributed by atoms with Crippen molar-refractivity contribution in [2.45, 2.75) is 25.8 Å². The van der Waals surface area contributed by atoms with Crippen LogP contribution in [0.5, 0.6) is 5.75 Å². The van der Waals surface area contributed by atoms with E-state index in [4.69, 9.17) is 14.7 Å². The van der Waals surface area contributed by atoms with Crippen molar-refractivity contribution >= 4 is 5.91 Å². The Morgan fingerprint density at radius 2 is 2.29 bits per heavy atom.